The third-order valence-corrected chi connectivity index (χ3v) is 4.92. The lowest BCUT2D eigenvalue weighted by Gasteiger charge is -2.08. The Labute approximate surface area is 124 Å². The Kier molecular flexibility index (Phi) is 4.14. The monoisotopic (exact) mass is 304 g/mol. The number of carbonyl (C=O) groups is 1. The van der Waals surface area contributed by atoms with Gasteiger partial charge in [0.2, 0.25) is 0 Å². The molecule has 4 nitrogen and oxygen atoms in total. The second-order valence-electron chi connectivity index (χ2n) is 5.03. The molecular formula is C16H16O4S. The Balaban J connectivity index is 2.40. The Morgan fingerprint density at radius 1 is 1.10 bits per heavy atom. The van der Waals surface area contributed by atoms with Gasteiger partial charge in [0.05, 0.1) is 16.2 Å². The highest BCUT2D eigenvalue weighted by atomic mass is 32.2. The molecule has 0 saturated carbocycles. The SMILES string of the molecule is Cc1cccc(CS(=O)(=O)c2ccc(C)c(C(=O)O)c2)c1. The summed E-state index contributed by atoms with van der Waals surface area (Å²) in [6.07, 6.45) is 0. The van der Waals surface area contributed by atoms with Gasteiger partial charge in [0.15, 0.2) is 9.84 Å². The van der Waals surface area contributed by atoms with Crippen LogP contribution in [0.4, 0.5) is 0 Å². The maximum Gasteiger partial charge on any atom is 0.335 e. The fourth-order valence-corrected chi connectivity index (χ4v) is 3.49. The summed E-state index contributed by atoms with van der Waals surface area (Å²) in [5, 5.41) is 9.09. The van der Waals surface area contributed by atoms with Crippen LogP contribution in [0.25, 0.3) is 0 Å². The highest BCUT2D eigenvalue weighted by molar-refractivity contribution is 7.90. The van der Waals surface area contributed by atoms with Crippen molar-refractivity contribution in [2.75, 3.05) is 0 Å². The normalized spacial score (nSPS) is 11.3. The standard InChI is InChI=1S/C16H16O4S/c1-11-4-3-5-13(8-11)10-21(19,20)14-7-6-12(2)15(9-14)16(17)18/h3-9H,10H2,1-2H3,(H,17,18). The minimum Gasteiger partial charge on any atom is -0.478 e. The van der Waals surface area contributed by atoms with Crippen LogP contribution in [0, 0.1) is 13.8 Å². The molecule has 0 aliphatic heterocycles. The molecule has 0 unspecified atom stereocenters. The summed E-state index contributed by atoms with van der Waals surface area (Å²) in [6.45, 7) is 3.53. The van der Waals surface area contributed by atoms with E-state index < -0.39 is 15.8 Å². The second-order valence-corrected chi connectivity index (χ2v) is 7.02. The van der Waals surface area contributed by atoms with E-state index in [1.165, 1.54) is 18.2 Å². The van der Waals surface area contributed by atoms with Crippen molar-refractivity contribution in [3.63, 3.8) is 0 Å². The van der Waals surface area contributed by atoms with E-state index in [0.29, 0.717) is 11.1 Å². The molecule has 2 rings (SSSR count). The fourth-order valence-electron chi connectivity index (χ4n) is 2.13. The van der Waals surface area contributed by atoms with Gasteiger partial charge < -0.3 is 5.11 Å². The van der Waals surface area contributed by atoms with E-state index in [9.17, 15) is 13.2 Å². The van der Waals surface area contributed by atoms with Crippen LogP contribution in [-0.4, -0.2) is 19.5 Å². The number of hydrogen-bond acceptors (Lipinski definition) is 3. The highest BCUT2D eigenvalue weighted by Crippen LogP contribution is 2.20. The number of benzene rings is 2. The molecule has 0 aliphatic carbocycles. The number of aromatic carboxylic acids is 1. The molecule has 0 aromatic heterocycles. The molecule has 0 bridgehead atoms. The maximum absolute atomic E-state index is 12.4. The molecule has 0 aliphatic rings. The molecule has 0 radical (unpaired) electrons. The quantitative estimate of drug-likeness (QED) is 0.942. The van der Waals surface area contributed by atoms with Gasteiger partial charge in [0.1, 0.15) is 0 Å². The first-order chi connectivity index (χ1) is 9.79. The van der Waals surface area contributed by atoms with Gasteiger partial charge in [0, 0.05) is 0 Å². The van der Waals surface area contributed by atoms with Gasteiger partial charge in [-0.15, -0.1) is 0 Å². The van der Waals surface area contributed by atoms with Gasteiger partial charge in [-0.1, -0.05) is 35.9 Å². The zero-order valence-corrected chi connectivity index (χ0v) is 12.6. The lowest BCUT2D eigenvalue weighted by molar-refractivity contribution is 0.0696. The summed E-state index contributed by atoms with van der Waals surface area (Å²) in [5.74, 6) is -1.27. The van der Waals surface area contributed by atoms with Crippen molar-refractivity contribution in [2.45, 2.75) is 24.5 Å². The predicted molar refractivity (Wildman–Crippen MR) is 80.2 cm³/mol. The lowest BCUT2D eigenvalue weighted by atomic mass is 10.1. The molecule has 1 N–H and O–H groups in total. The van der Waals surface area contributed by atoms with Crippen molar-refractivity contribution < 1.29 is 18.3 Å². The van der Waals surface area contributed by atoms with Crippen molar-refractivity contribution in [1.82, 2.24) is 0 Å². The predicted octanol–water partition coefficient (Wildman–Crippen LogP) is 2.98. The van der Waals surface area contributed by atoms with Crippen molar-refractivity contribution in [1.29, 1.82) is 0 Å². The Morgan fingerprint density at radius 3 is 2.43 bits per heavy atom. The molecule has 0 spiro atoms. The summed E-state index contributed by atoms with van der Waals surface area (Å²) in [4.78, 5) is 11.1. The molecule has 2 aromatic rings. The first kappa shape index (κ1) is 15.3. The molecular weight excluding hydrogens is 288 g/mol. The van der Waals surface area contributed by atoms with Crippen LogP contribution in [0.2, 0.25) is 0 Å². The number of carboxylic acid groups (broad SMARTS) is 1. The Hall–Kier alpha value is -2.14. The average Bonchev–Trinajstić information content (AvgIpc) is 2.38. The molecule has 0 saturated heterocycles. The maximum atomic E-state index is 12.4. The van der Waals surface area contributed by atoms with Crippen LogP contribution >= 0.6 is 0 Å². The smallest absolute Gasteiger partial charge is 0.335 e. The first-order valence-corrected chi connectivity index (χ1v) is 8.07. The van der Waals surface area contributed by atoms with E-state index in [4.69, 9.17) is 5.11 Å². The van der Waals surface area contributed by atoms with Crippen LogP contribution in [0.5, 0.6) is 0 Å². The van der Waals surface area contributed by atoms with Crippen LogP contribution in [0.1, 0.15) is 27.0 Å². The summed E-state index contributed by atoms with van der Waals surface area (Å²) < 4.78 is 24.8. The zero-order chi connectivity index (χ0) is 15.6. The van der Waals surface area contributed by atoms with E-state index in [1.54, 1.807) is 19.1 Å². The summed E-state index contributed by atoms with van der Waals surface area (Å²) >= 11 is 0. The van der Waals surface area contributed by atoms with Crippen LogP contribution in [0.3, 0.4) is 0 Å². The van der Waals surface area contributed by atoms with E-state index in [-0.39, 0.29) is 16.2 Å². The summed E-state index contributed by atoms with van der Waals surface area (Å²) in [5.41, 5.74) is 2.22. The van der Waals surface area contributed by atoms with Gasteiger partial charge >= 0.3 is 5.97 Å². The van der Waals surface area contributed by atoms with Crippen molar-refractivity contribution in [3.05, 3.63) is 64.7 Å². The minimum absolute atomic E-state index is 0.0142. The van der Waals surface area contributed by atoms with Gasteiger partial charge in [-0.3, -0.25) is 0 Å². The van der Waals surface area contributed by atoms with Crippen molar-refractivity contribution >= 4 is 15.8 Å². The van der Waals surface area contributed by atoms with Crippen LogP contribution in [-0.2, 0) is 15.6 Å². The third kappa shape index (κ3) is 3.49. The van der Waals surface area contributed by atoms with Crippen molar-refractivity contribution in [3.8, 4) is 0 Å². The van der Waals surface area contributed by atoms with Crippen LogP contribution in [0.15, 0.2) is 47.4 Å². The molecule has 2 aromatic carbocycles. The van der Waals surface area contributed by atoms with Gasteiger partial charge in [-0.25, -0.2) is 13.2 Å². The number of rotatable bonds is 4. The van der Waals surface area contributed by atoms with Crippen LogP contribution < -0.4 is 0 Å². The second kappa shape index (κ2) is 5.69. The topological polar surface area (TPSA) is 71.4 Å². The van der Waals surface area contributed by atoms with Gasteiger partial charge in [-0.05, 0) is 37.1 Å². The number of aryl methyl sites for hydroxylation is 2. The van der Waals surface area contributed by atoms with Gasteiger partial charge in [0.25, 0.3) is 0 Å². The molecule has 5 heteroatoms. The van der Waals surface area contributed by atoms with E-state index in [2.05, 4.69) is 0 Å². The Bertz CT molecular complexity index is 792. The number of carboxylic acids is 1. The molecule has 21 heavy (non-hydrogen) atoms. The minimum atomic E-state index is -3.57. The molecule has 0 amide bonds. The zero-order valence-electron chi connectivity index (χ0n) is 11.8. The molecule has 110 valence electrons. The van der Waals surface area contributed by atoms with E-state index >= 15 is 0 Å². The lowest BCUT2D eigenvalue weighted by Crippen LogP contribution is -2.08. The number of hydrogen-bond donors (Lipinski definition) is 1. The largest absolute Gasteiger partial charge is 0.478 e. The third-order valence-electron chi connectivity index (χ3n) is 3.24. The summed E-state index contributed by atoms with van der Waals surface area (Å²) in [6, 6.07) is 11.4. The Morgan fingerprint density at radius 2 is 1.81 bits per heavy atom. The van der Waals surface area contributed by atoms with Crippen molar-refractivity contribution in [2.24, 2.45) is 0 Å². The van der Waals surface area contributed by atoms with E-state index in [0.717, 1.165) is 5.56 Å². The van der Waals surface area contributed by atoms with E-state index in [1.807, 2.05) is 19.1 Å². The average molecular weight is 304 g/mol. The van der Waals surface area contributed by atoms with Gasteiger partial charge in [-0.2, -0.15) is 0 Å². The fraction of sp³-hybridized carbons (Fsp3) is 0.188. The molecule has 0 heterocycles. The first-order valence-electron chi connectivity index (χ1n) is 6.42. The summed E-state index contributed by atoms with van der Waals surface area (Å²) in [7, 11) is -3.57. The molecule has 0 atom stereocenters. The number of sulfone groups is 1. The molecule has 0 fully saturated rings. The highest BCUT2D eigenvalue weighted by Gasteiger charge is 2.18.